The second kappa shape index (κ2) is 14.4. The van der Waals surface area contributed by atoms with Gasteiger partial charge in [-0.3, -0.25) is 9.59 Å². The standard InChI is InChI=1S/C15H24N2O10/c1-25-15(24)10(17-12(19)7-27-9-14(22)23)4-2-3-5-16-11(18)6-26-8-13(20)21/h10H,2-9H2,1H3,(H,16,18)(H,17,19)(H,20,21)(H,22,23). The molecule has 0 aliphatic carbocycles. The molecule has 0 bridgehead atoms. The molecule has 1 unspecified atom stereocenters. The van der Waals surface area contributed by atoms with Gasteiger partial charge in [0.15, 0.2) is 0 Å². The Labute approximate surface area is 155 Å². The van der Waals surface area contributed by atoms with Crippen LogP contribution in [-0.2, 0) is 38.2 Å². The zero-order valence-corrected chi connectivity index (χ0v) is 14.9. The molecule has 0 aromatic rings. The van der Waals surface area contributed by atoms with Crippen LogP contribution in [0.25, 0.3) is 0 Å². The lowest BCUT2D eigenvalue weighted by Crippen LogP contribution is -2.43. The van der Waals surface area contributed by atoms with Gasteiger partial charge >= 0.3 is 17.9 Å². The van der Waals surface area contributed by atoms with Gasteiger partial charge in [0.1, 0.15) is 32.5 Å². The highest BCUT2D eigenvalue weighted by atomic mass is 16.5. The van der Waals surface area contributed by atoms with Crippen LogP contribution < -0.4 is 10.6 Å². The van der Waals surface area contributed by atoms with E-state index >= 15 is 0 Å². The van der Waals surface area contributed by atoms with Crippen LogP contribution in [0.1, 0.15) is 19.3 Å². The number of unbranched alkanes of at least 4 members (excludes halogenated alkanes) is 1. The molecule has 0 heterocycles. The Hall–Kier alpha value is -2.73. The summed E-state index contributed by atoms with van der Waals surface area (Å²) in [5.41, 5.74) is 0. The Balaban J connectivity index is 4.05. The topological polar surface area (TPSA) is 178 Å². The van der Waals surface area contributed by atoms with Crippen molar-refractivity contribution in [3.8, 4) is 0 Å². The van der Waals surface area contributed by atoms with Crippen LogP contribution in [0, 0.1) is 0 Å². The van der Waals surface area contributed by atoms with E-state index in [9.17, 15) is 24.0 Å². The number of ether oxygens (including phenoxy) is 3. The Kier molecular flexibility index (Phi) is 13.0. The zero-order valence-electron chi connectivity index (χ0n) is 14.9. The Morgan fingerprint density at radius 2 is 1.41 bits per heavy atom. The summed E-state index contributed by atoms with van der Waals surface area (Å²) in [4.78, 5) is 55.2. The number of carboxylic acids is 2. The molecule has 0 rings (SSSR count). The van der Waals surface area contributed by atoms with E-state index < -0.39 is 55.6 Å². The number of carbonyl (C=O) groups is 5. The molecule has 0 saturated carbocycles. The third-order valence-electron chi connectivity index (χ3n) is 2.98. The molecule has 0 aromatic carbocycles. The van der Waals surface area contributed by atoms with E-state index in [0.717, 1.165) is 0 Å². The minimum absolute atomic E-state index is 0.239. The highest BCUT2D eigenvalue weighted by molar-refractivity contribution is 5.85. The average molecular weight is 392 g/mol. The third kappa shape index (κ3) is 14.2. The molecule has 0 spiro atoms. The number of amides is 2. The van der Waals surface area contributed by atoms with Gasteiger partial charge in [-0.1, -0.05) is 0 Å². The first kappa shape index (κ1) is 24.3. The normalized spacial score (nSPS) is 11.3. The first-order valence-corrected chi connectivity index (χ1v) is 7.99. The molecule has 0 saturated heterocycles. The van der Waals surface area contributed by atoms with Crippen LogP contribution in [0.5, 0.6) is 0 Å². The monoisotopic (exact) mass is 392 g/mol. The van der Waals surface area contributed by atoms with Crippen LogP contribution in [0.2, 0.25) is 0 Å². The lowest BCUT2D eigenvalue weighted by molar-refractivity contribution is -0.148. The van der Waals surface area contributed by atoms with E-state index in [0.29, 0.717) is 12.8 Å². The maximum absolute atomic E-state index is 11.7. The van der Waals surface area contributed by atoms with Gasteiger partial charge in [0, 0.05) is 6.54 Å². The van der Waals surface area contributed by atoms with E-state index in [1.165, 1.54) is 7.11 Å². The fourth-order valence-corrected chi connectivity index (χ4v) is 1.84. The molecule has 0 aliphatic rings. The second-order valence-electron chi connectivity index (χ2n) is 5.26. The van der Waals surface area contributed by atoms with Gasteiger partial charge < -0.3 is 35.1 Å². The maximum Gasteiger partial charge on any atom is 0.329 e. The summed E-state index contributed by atoms with van der Waals surface area (Å²) in [5, 5.41) is 21.7. The fraction of sp³-hybridized carbons (Fsp3) is 0.667. The van der Waals surface area contributed by atoms with Crippen molar-refractivity contribution in [1.29, 1.82) is 0 Å². The van der Waals surface area contributed by atoms with E-state index in [4.69, 9.17) is 10.2 Å². The molecular weight excluding hydrogens is 368 g/mol. The Morgan fingerprint density at radius 1 is 0.852 bits per heavy atom. The van der Waals surface area contributed by atoms with Crippen molar-refractivity contribution in [2.75, 3.05) is 40.1 Å². The SMILES string of the molecule is COC(=O)C(CCCCNC(=O)COCC(=O)O)NC(=O)COCC(=O)O. The number of hydrogen-bond acceptors (Lipinski definition) is 8. The van der Waals surface area contributed by atoms with Crippen molar-refractivity contribution < 1.29 is 48.4 Å². The highest BCUT2D eigenvalue weighted by Crippen LogP contribution is 2.03. The number of nitrogens with one attached hydrogen (secondary N) is 2. The summed E-state index contributed by atoms with van der Waals surface area (Å²) in [6.07, 6.45) is 1.19. The van der Waals surface area contributed by atoms with Gasteiger partial charge in [-0.05, 0) is 19.3 Å². The molecule has 0 radical (unpaired) electrons. The molecule has 0 aliphatic heterocycles. The highest BCUT2D eigenvalue weighted by Gasteiger charge is 2.21. The van der Waals surface area contributed by atoms with Crippen LogP contribution in [-0.4, -0.2) is 86.1 Å². The molecule has 0 fully saturated rings. The van der Waals surface area contributed by atoms with Crippen molar-refractivity contribution in [1.82, 2.24) is 10.6 Å². The van der Waals surface area contributed by atoms with E-state index in [-0.39, 0.29) is 19.6 Å². The van der Waals surface area contributed by atoms with E-state index in [2.05, 4.69) is 24.8 Å². The molecule has 1 atom stereocenters. The predicted molar refractivity (Wildman–Crippen MR) is 87.7 cm³/mol. The quantitative estimate of drug-likeness (QED) is 0.182. The lowest BCUT2D eigenvalue weighted by atomic mass is 10.1. The first-order valence-electron chi connectivity index (χ1n) is 7.99. The second-order valence-corrected chi connectivity index (χ2v) is 5.26. The van der Waals surface area contributed by atoms with Crippen LogP contribution in [0.3, 0.4) is 0 Å². The van der Waals surface area contributed by atoms with Gasteiger partial charge in [0.2, 0.25) is 11.8 Å². The van der Waals surface area contributed by atoms with Crippen molar-refractivity contribution in [3.63, 3.8) is 0 Å². The molecule has 12 nitrogen and oxygen atoms in total. The van der Waals surface area contributed by atoms with Gasteiger partial charge in [0.05, 0.1) is 7.11 Å². The molecule has 0 aromatic heterocycles. The summed E-state index contributed by atoms with van der Waals surface area (Å²) in [5.74, 6) is -4.18. The number of carbonyl (C=O) groups excluding carboxylic acids is 3. The molecule has 12 heteroatoms. The van der Waals surface area contributed by atoms with Crippen molar-refractivity contribution in [2.24, 2.45) is 0 Å². The van der Waals surface area contributed by atoms with Gasteiger partial charge in [-0.15, -0.1) is 0 Å². The average Bonchev–Trinajstić information content (AvgIpc) is 2.59. The molecule has 154 valence electrons. The van der Waals surface area contributed by atoms with Gasteiger partial charge in [-0.2, -0.15) is 0 Å². The van der Waals surface area contributed by atoms with Gasteiger partial charge in [0.25, 0.3) is 0 Å². The number of rotatable bonds is 15. The lowest BCUT2D eigenvalue weighted by Gasteiger charge is -2.16. The molecular formula is C15H24N2O10. The Morgan fingerprint density at radius 3 is 1.93 bits per heavy atom. The van der Waals surface area contributed by atoms with Crippen molar-refractivity contribution in [3.05, 3.63) is 0 Å². The van der Waals surface area contributed by atoms with Gasteiger partial charge in [-0.25, -0.2) is 14.4 Å². The van der Waals surface area contributed by atoms with Crippen LogP contribution in [0.15, 0.2) is 0 Å². The predicted octanol–water partition coefficient (Wildman–Crippen LogP) is -1.87. The van der Waals surface area contributed by atoms with E-state index in [1.807, 2.05) is 0 Å². The zero-order chi connectivity index (χ0) is 20.7. The summed E-state index contributed by atoms with van der Waals surface area (Å²) in [7, 11) is 1.17. The first-order chi connectivity index (χ1) is 12.8. The molecule has 2 amide bonds. The number of esters is 1. The largest absolute Gasteiger partial charge is 0.480 e. The number of carboxylic acid groups (broad SMARTS) is 2. The van der Waals surface area contributed by atoms with Crippen molar-refractivity contribution >= 4 is 29.7 Å². The van der Waals surface area contributed by atoms with Crippen molar-refractivity contribution in [2.45, 2.75) is 25.3 Å². The van der Waals surface area contributed by atoms with Crippen LogP contribution >= 0.6 is 0 Å². The Bertz CT molecular complexity index is 523. The summed E-state index contributed by atoms with van der Waals surface area (Å²) >= 11 is 0. The summed E-state index contributed by atoms with van der Waals surface area (Å²) in [6, 6.07) is -0.925. The third-order valence-corrected chi connectivity index (χ3v) is 2.98. The number of hydrogen-bond donors (Lipinski definition) is 4. The minimum atomic E-state index is -1.22. The van der Waals surface area contributed by atoms with E-state index in [1.54, 1.807) is 0 Å². The minimum Gasteiger partial charge on any atom is -0.480 e. The summed E-state index contributed by atoms with van der Waals surface area (Å²) < 4.78 is 13.8. The number of aliphatic carboxylic acids is 2. The maximum atomic E-state index is 11.7. The smallest absolute Gasteiger partial charge is 0.329 e. The van der Waals surface area contributed by atoms with Crippen LogP contribution in [0.4, 0.5) is 0 Å². The molecule has 4 N–H and O–H groups in total. The molecule has 27 heavy (non-hydrogen) atoms. The fourth-order valence-electron chi connectivity index (χ4n) is 1.84. The summed E-state index contributed by atoms with van der Waals surface area (Å²) in [6.45, 7) is -1.80. The number of methoxy groups -OCH3 is 1.